The van der Waals surface area contributed by atoms with Gasteiger partial charge in [0.05, 0.1) is 12.6 Å². The summed E-state index contributed by atoms with van der Waals surface area (Å²) in [7, 11) is 0. The molecule has 1 unspecified atom stereocenters. The van der Waals surface area contributed by atoms with Gasteiger partial charge in [-0.3, -0.25) is 5.84 Å². The number of hydrogen-bond acceptors (Lipinski definition) is 4. The number of nitrogens with two attached hydrogens (primary N) is 2. The minimum atomic E-state index is -0.191. The van der Waals surface area contributed by atoms with Gasteiger partial charge in [0.15, 0.2) is 0 Å². The molecule has 19 heavy (non-hydrogen) atoms. The zero-order valence-electron chi connectivity index (χ0n) is 11.0. The van der Waals surface area contributed by atoms with Crippen LogP contribution in [0.4, 0.5) is 5.69 Å². The first-order valence-electron chi connectivity index (χ1n) is 6.30. The van der Waals surface area contributed by atoms with Crippen LogP contribution in [0.3, 0.4) is 0 Å². The molecule has 0 fully saturated rings. The number of anilines is 1. The number of benzene rings is 2. The highest BCUT2D eigenvalue weighted by Gasteiger charge is 2.18. The molecule has 0 spiro atoms. The Bertz CT molecular complexity index is 542. The van der Waals surface area contributed by atoms with Gasteiger partial charge in [0.25, 0.3) is 0 Å². The van der Waals surface area contributed by atoms with E-state index in [4.69, 9.17) is 16.3 Å². The van der Waals surface area contributed by atoms with Crippen LogP contribution in [0.15, 0.2) is 48.5 Å². The average molecular weight is 257 g/mol. The number of nitrogen functional groups attached to an aromatic ring is 1. The second-order valence-corrected chi connectivity index (χ2v) is 4.20. The van der Waals surface area contributed by atoms with Crippen molar-refractivity contribution in [1.82, 2.24) is 5.43 Å². The van der Waals surface area contributed by atoms with Crippen molar-refractivity contribution in [3.8, 4) is 5.75 Å². The zero-order valence-corrected chi connectivity index (χ0v) is 11.0. The maximum absolute atomic E-state index is 6.02. The molecule has 0 amide bonds. The Morgan fingerprint density at radius 1 is 1.05 bits per heavy atom. The lowest BCUT2D eigenvalue weighted by atomic mass is 9.97. The van der Waals surface area contributed by atoms with Crippen LogP contribution in [0.25, 0.3) is 0 Å². The number of para-hydroxylation sites is 2. The molecule has 0 aromatic heterocycles. The second-order valence-electron chi connectivity index (χ2n) is 4.20. The summed E-state index contributed by atoms with van der Waals surface area (Å²) in [5.74, 6) is 6.53. The number of hydrazine groups is 1. The van der Waals surface area contributed by atoms with E-state index in [2.05, 4.69) is 5.43 Å². The monoisotopic (exact) mass is 257 g/mol. The summed E-state index contributed by atoms with van der Waals surface area (Å²) in [4.78, 5) is 0. The summed E-state index contributed by atoms with van der Waals surface area (Å²) >= 11 is 0. The van der Waals surface area contributed by atoms with E-state index in [1.165, 1.54) is 0 Å². The summed E-state index contributed by atoms with van der Waals surface area (Å²) in [5.41, 5.74) is 11.5. The largest absolute Gasteiger partial charge is 0.494 e. The van der Waals surface area contributed by atoms with Crippen molar-refractivity contribution in [1.29, 1.82) is 0 Å². The number of rotatable bonds is 5. The van der Waals surface area contributed by atoms with Gasteiger partial charge < -0.3 is 10.5 Å². The van der Waals surface area contributed by atoms with E-state index < -0.39 is 0 Å². The lowest BCUT2D eigenvalue weighted by Crippen LogP contribution is -2.29. The highest BCUT2D eigenvalue weighted by atomic mass is 16.5. The fourth-order valence-corrected chi connectivity index (χ4v) is 2.13. The maximum atomic E-state index is 6.02. The van der Waals surface area contributed by atoms with Gasteiger partial charge in [-0.2, -0.15) is 0 Å². The molecule has 4 heteroatoms. The summed E-state index contributed by atoms with van der Waals surface area (Å²) in [6, 6.07) is 15.3. The summed E-state index contributed by atoms with van der Waals surface area (Å²) in [5, 5.41) is 0. The smallest absolute Gasteiger partial charge is 0.124 e. The average Bonchev–Trinajstić information content (AvgIpc) is 2.44. The van der Waals surface area contributed by atoms with Crippen molar-refractivity contribution in [3.63, 3.8) is 0 Å². The van der Waals surface area contributed by atoms with Gasteiger partial charge in [-0.1, -0.05) is 36.4 Å². The zero-order chi connectivity index (χ0) is 13.7. The first-order chi connectivity index (χ1) is 9.27. The molecular weight excluding hydrogens is 238 g/mol. The van der Waals surface area contributed by atoms with Gasteiger partial charge in [0.2, 0.25) is 0 Å². The molecule has 0 heterocycles. The Morgan fingerprint density at radius 2 is 1.68 bits per heavy atom. The van der Waals surface area contributed by atoms with E-state index in [9.17, 15) is 0 Å². The van der Waals surface area contributed by atoms with Crippen LogP contribution in [0, 0.1) is 0 Å². The normalized spacial score (nSPS) is 12.1. The van der Waals surface area contributed by atoms with E-state index in [-0.39, 0.29) is 6.04 Å². The number of nitrogens with one attached hydrogen (secondary N) is 1. The SMILES string of the molecule is CCOc1ccccc1C(NN)c1ccccc1N. The molecule has 0 radical (unpaired) electrons. The van der Waals surface area contributed by atoms with Crippen LogP contribution in [0.2, 0.25) is 0 Å². The molecule has 0 aliphatic heterocycles. The van der Waals surface area contributed by atoms with Crippen LogP contribution in [0.5, 0.6) is 5.75 Å². The standard InChI is InChI=1S/C15H19N3O/c1-2-19-14-10-6-4-8-12(14)15(18-17)11-7-3-5-9-13(11)16/h3-10,15,18H,2,16-17H2,1H3. The molecule has 4 nitrogen and oxygen atoms in total. The van der Waals surface area contributed by atoms with Crippen molar-refractivity contribution < 1.29 is 4.74 Å². The van der Waals surface area contributed by atoms with E-state index in [1.807, 2.05) is 55.5 Å². The van der Waals surface area contributed by atoms with Crippen molar-refractivity contribution in [3.05, 3.63) is 59.7 Å². The predicted octanol–water partition coefficient (Wildman–Crippen LogP) is 2.22. The second kappa shape index (κ2) is 6.22. The molecule has 0 saturated carbocycles. The third kappa shape index (κ3) is 2.86. The lowest BCUT2D eigenvalue weighted by Gasteiger charge is -2.21. The molecule has 0 saturated heterocycles. The third-order valence-electron chi connectivity index (χ3n) is 3.00. The maximum Gasteiger partial charge on any atom is 0.124 e. The van der Waals surface area contributed by atoms with Crippen LogP contribution in [-0.2, 0) is 0 Å². The molecule has 0 aliphatic carbocycles. The fourth-order valence-electron chi connectivity index (χ4n) is 2.13. The molecule has 5 N–H and O–H groups in total. The molecular formula is C15H19N3O. The van der Waals surface area contributed by atoms with E-state index in [0.29, 0.717) is 12.3 Å². The molecule has 1 atom stereocenters. The van der Waals surface area contributed by atoms with Crippen molar-refractivity contribution in [2.45, 2.75) is 13.0 Å². The summed E-state index contributed by atoms with van der Waals surface area (Å²) in [6.07, 6.45) is 0. The van der Waals surface area contributed by atoms with Crippen molar-refractivity contribution >= 4 is 5.69 Å². The minimum Gasteiger partial charge on any atom is -0.494 e. The quantitative estimate of drug-likeness (QED) is 0.436. The molecule has 2 aromatic carbocycles. The van der Waals surface area contributed by atoms with Gasteiger partial charge >= 0.3 is 0 Å². The lowest BCUT2D eigenvalue weighted by molar-refractivity contribution is 0.333. The van der Waals surface area contributed by atoms with Gasteiger partial charge in [-0.25, -0.2) is 5.43 Å². The van der Waals surface area contributed by atoms with Crippen LogP contribution < -0.4 is 21.7 Å². The van der Waals surface area contributed by atoms with Crippen LogP contribution in [0.1, 0.15) is 24.1 Å². The Hall–Kier alpha value is -2.04. The van der Waals surface area contributed by atoms with Gasteiger partial charge in [0.1, 0.15) is 5.75 Å². The van der Waals surface area contributed by atoms with Crippen molar-refractivity contribution in [2.24, 2.45) is 5.84 Å². The molecule has 2 aromatic rings. The Balaban J connectivity index is 2.45. The Morgan fingerprint density at radius 3 is 2.32 bits per heavy atom. The topological polar surface area (TPSA) is 73.3 Å². The Kier molecular flexibility index (Phi) is 4.39. The third-order valence-corrected chi connectivity index (χ3v) is 3.00. The van der Waals surface area contributed by atoms with Crippen molar-refractivity contribution in [2.75, 3.05) is 12.3 Å². The van der Waals surface area contributed by atoms with E-state index in [1.54, 1.807) is 0 Å². The van der Waals surface area contributed by atoms with E-state index in [0.717, 1.165) is 16.9 Å². The number of hydrogen-bond donors (Lipinski definition) is 3. The molecule has 0 bridgehead atoms. The highest BCUT2D eigenvalue weighted by Crippen LogP contribution is 2.32. The molecule has 100 valence electrons. The minimum absolute atomic E-state index is 0.191. The summed E-state index contributed by atoms with van der Waals surface area (Å²) in [6.45, 7) is 2.57. The Labute approximate surface area is 113 Å². The number of ether oxygens (including phenoxy) is 1. The van der Waals surface area contributed by atoms with Gasteiger partial charge in [0, 0.05) is 11.3 Å². The highest BCUT2D eigenvalue weighted by molar-refractivity contribution is 5.53. The van der Waals surface area contributed by atoms with Gasteiger partial charge in [-0.15, -0.1) is 0 Å². The first-order valence-corrected chi connectivity index (χ1v) is 6.30. The van der Waals surface area contributed by atoms with E-state index >= 15 is 0 Å². The first kappa shape index (κ1) is 13.4. The predicted molar refractivity (Wildman–Crippen MR) is 77.6 cm³/mol. The molecule has 0 aliphatic rings. The van der Waals surface area contributed by atoms with Gasteiger partial charge in [-0.05, 0) is 24.6 Å². The van der Waals surface area contributed by atoms with Crippen LogP contribution in [-0.4, -0.2) is 6.61 Å². The van der Waals surface area contributed by atoms with Crippen LogP contribution >= 0.6 is 0 Å². The fraction of sp³-hybridized carbons (Fsp3) is 0.200. The summed E-state index contributed by atoms with van der Waals surface area (Å²) < 4.78 is 5.64. The molecule has 2 rings (SSSR count).